The Bertz CT molecular complexity index is 709. The van der Waals surface area contributed by atoms with Crippen molar-refractivity contribution in [2.45, 2.75) is 18.9 Å². The third kappa shape index (κ3) is 3.49. The Morgan fingerprint density at radius 2 is 1.68 bits per heavy atom. The van der Waals surface area contributed by atoms with E-state index < -0.39 is 5.82 Å². The molecule has 0 aliphatic heterocycles. The summed E-state index contributed by atoms with van der Waals surface area (Å²) >= 11 is 0. The zero-order valence-corrected chi connectivity index (χ0v) is 11.8. The summed E-state index contributed by atoms with van der Waals surface area (Å²) < 4.78 is 12.9. The lowest BCUT2D eigenvalue weighted by Crippen LogP contribution is -2.25. The van der Waals surface area contributed by atoms with Crippen molar-refractivity contribution in [2.24, 2.45) is 0 Å². The van der Waals surface area contributed by atoms with Crippen LogP contribution < -0.4 is 10.6 Å². The van der Waals surface area contributed by atoms with Gasteiger partial charge in [-0.3, -0.25) is 9.59 Å². The van der Waals surface area contributed by atoms with E-state index in [0.717, 1.165) is 12.8 Å². The Hall–Kier alpha value is -2.69. The standard InChI is InChI=1S/C17H15FN2O2/c18-13-6-4-11(5-7-13)16(21)20-15-3-1-2-12(10-15)17(22)19-14-8-9-14/h1-7,10,14H,8-9H2,(H,19,22)(H,20,21). The van der Waals surface area contributed by atoms with Crippen LogP contribution in [0, 0.1) is 5.82 Å². The van der Waals surface area contributed by atoms with Gasteiger partial charge < -0.3 is 10.6 Å². The van der Waals surface area contributed by atoms with E-state index in [9.17, 15) is 14.0 Å². The first kappa shape index (κ1) is 14.3. The third-order valence-electron chi connectivity index (χ3n) is 3.40. The van der Waals surface area contributed by atoms with Crippen molar-refractivity contribution >= 4 is 17.5 Å². The molecule has 22 heavy (non-hydrogen) atoms. The lowest BCUT2D eigenvalue weighted by molar-refractivity contribution is 0.0949. The molecule has 0 unspecified atom stereocenters. The molecule has 0 saturated heterocycles. The number of hydrogen-bond acceptors (Lipinski definition) is 2. The predicted octanol–water partition coefficient (Wildman–Crippen LogP) is 2.97. The molecule has 1 fully saturated rings. The number of nitrogens with one attached hydrogen (secondary N) is 2. The summed E-state index contributed by atoms with van der Waals surface area (Å²) in [6, 6.07) is 12.3. The second-order valence-corrected chi connectivity index (χ2v) is 5.29. The molecule has 2 N–H and O–H groups in total. The first-order valence-corrected chi connectivity index (χ1v) is 7.10. The van der Waals surface area contributed by atoms with Gasteiger partial charge in [-0.1, -0.05) is 6.07 Å². The van der Waals surface area contributed by atoms with Crippen LogP contribution in [0.4, 0.5) is 10.1 Å². The van der Waals surface area contributed by atoms with Gasteiger partial charge in [0.2, 0.25) is 0 Å². The summed E-state index contributed by atoms with van der Waals surface area (Å²) in [5, 5.41) is 5.60. The fourth-order valence-corrected chi connectivity index (χ4v) is 2.04. The maximum atomic E-state index is 12.9. The molecule has 1 saturated carbocycles. The Morgan fingerprint density at radius 1 is 0.955 bits per heavy atom. The van der Waals surface area contributed by atoms with E-state index in [2.05, 4.69) is 10.6 Å². The average molecular weight is 298 g/mol. The SMILES string of the molecule is O=C(Nc1cccc(C(=O)NC2CC2)c1)c1ccc(F)cc1. The number of rotatable bonds is 4. The van der Waals surface area contributed by atoms with E-state index in [1.54, 1.807) is 24.3 Å². The molecule has 5 heteroatoms. The van der Waals surface area contributed by atoms with Crippen molar-refractivity contribution in [3.8, 4) is 0 Å². The van der Waals surface area contributed by atoms with Crippen LogP contribution in [0.15, 0.2) is 48.5 Å². The minimum absolute atomic E-state index is 0.139. The smallest absolute Gasteiger partial charge is 0.255 e. The van der Waals surface area contributed by atoms with Gasteiger partial charge in [0.05, 0.1) is 0 Å². The zero-order valence-electron chi connectivity index (χ0n) is 11.8. The molecule has 2 amide bonds. The molecule has 0 bridgehead atoms. The van der Waals surface area contributed by atoms with E-state index in [4.69, 9.17) is 0 Å². The Balaban J connectivity index is 1.70. The molecular weight excluding hydrogens is 283 g/mol. The van der Waals surface area contributed by atoms with Crippen LogP contribution in [0.2, 0.25) is 0 Å². The number of benzene rings is 2. The van der Waals surface area contributed by atoms with Gasteiger partial charge in [0.1, 0.15) is 5.82 Å². The van der Waals surface area contributed by atoms with E-state index in [1.807, 2.05) is 0 Å². The van der Waals surface area contributed by atoms with Crippen LogP contribution in [0.1, 0.15) is 33.6 Å². The predicted molar refractivity (Wildman–Crippen MR) is 81.3 cm³/mol. The number of halogens is 1. The van der Waals surface area contributed by atoms with Crippen molar-refractivity contribution in [1.82, 2.24) is 5.32 Å². The molecule has 1 aliphatic carbocycles. The van der Waals surface area contributed by atoms with Gasteiger partial charge in [-0.05, 0) is 55.3 Å². The molecule has 0 radical (unpaired) electrons. The van der Waals surface area contributed by atoms with Crippen LogP contribution in [-0.2, 0) is 0 Å². The van der Waals surface area contributed by atoms with Crippen LogP contribution in [0.3, 0.4) is 0 Å². The molecule has 2 aromatic carbocycles. The van der Waals surface area contributed by atoms with Crippen LogP contribution in [0.25, 0.3) is 0 Å². The fourth-order valence-electron chi connectivity index (χ4n) is 2.04. The molecule has 1 aliphatic rings. The van der Waals surface area contributed by atoms with Crippen LogP contribution in [0.5, 0.6) is 0 Å². The number of carbonyl (C=O) groups excluding carboxylic acids is 2. The van der Waals surface area contributed by atoms with Gasteiger partial charge in [-0.25, -0.2) is 4.39 Å². The summed E-state index contributed by atoms with van der Waals surface area (Å²) in [7, 11) is 0. The minimum Gasteiger partial charge on any atom is -0.349 e. The van der Waals surface area contributed by atoms with Gasteiger partial charge in [0, 0.05) is 22.9 Å². The molecule has 4 nitrogen and oxygen atoms in total. The topological polar surface area (TPSA) is 58.2 Å². The summed E-state index contributed by atoms with van der Waals surface area (Å²) in [6.45, 7) is 0. The van der Waals surface area contributed by atoms with Crippen molar-refractivity contribution in [2.75, 3.05) is 5.32 Å². The van der Waals surface area contributed by atoms with E-state index >= 15 is 0 Å². The molecule has 0 spiro atoms. The molecular formula is C17H15FN2O2. The fraction of sp³-hybridized carbons (Fsp3) is 0.176. The first-order valence-electron chi connectivity index (χ1n) is 7.10. The monoisotopic (exact) mass is 298 g/mol. The number of hydrogen-bond donors (Lipinski definition) is 2. The molecule has 0 heterocycles. The average Bonchev–Trinajstić information content (AvgIpc) is 3.32. The second kappa shape index (κ2) is 5.97. The second-order valence-electron chi connectivity index (χ2n) is 5.29. The largest absolute Gasteiger partial charge is 0.349 e. The van der Waals surface area contributed by atoms with Crippen LogP contribution >= 0.6 is 0 Å². The zero-order chi connectivity index (χ0) is 15.5. The summed E-state index contributed by atoms with van der Waals surface area (Å²) in [5.74, 6) is -0.879. The van der Waals surface area contributed by atoms with E-state index in [1.165, 1.54) is 24.3 Å². The third-order valence-corrected chi connectivity index (χ3v) is 3.40. The Kier molecular flexibility index (Phi) is 3.87. The highest BCUT2D eigenvalue weighted by molar-refractivity contribution is 6.05. The molecule has 3 rings (SSSR count). The minimum atomic E-state index is -0.393. The number of anilines is 1. The van der Waals surface area contributed by atoms with Gasteiger partial charge in [0.25, 0.3) is 11.8 Å². The Morgan fingerprint density at radius 3 is 2.36 bits per heavy atom. The normalized spacial score (nSPS) is 13.5. The van der Waals surface area contributed by atoms with E-state index in [0.29, 0.717) is 16.8 Å². The first-order chi connectivity index (χ1) is 10.6. The lowest BCUT2D eigenvalue weighted by atomic mass is 10.1. The summed E-state index contributed by atoms with van der Waals surface area (Å²) in [6.07, 6.45) is 2.04. The van der Waals surface area contributed by atoms with Crippen LogP contribution in [-0.4, -0.2) is 17.9 Å². The van der Waals surface area contributed by atoms with Crippen molar-refractivity contribution < 1.29 is 14.0 Å². The molecule has 112 valence electrons. The lowest BCUT2D eigenvalue weighted by Gasteiger charge is -2.08. The number of amides is 2. The maximum Gasteiger partial charge on any atom is 0.255 e. The Labute approximate surface area is 127 Å². The highest BCUT2D eigenvalue weighted by Crippen LogP contribution is 2.20. The van der Waals surface area contributed by atoms with Crippen molar-refractivity contribution in [1.29, 1.82) is 0 Å². The molecule has 0 aromatic heterocycles. The highest BCUT2D eigenvalue weighted by atomic mass is 19.1. The quantitative estimate of drug-likeness (QED) is 0.911. The highest BCUT2D eigenvalue weighted by Gasteiger charge is 2.23. The van der Waals surface area contributed by atoms with Gasteiger partial charge in [-0.15, -0.1) is 0 Å². The van der Waals surface area contributed by atoms with Gasteiger partial charge in [0.15, 0.2) is 0 Å². The number of carbonyl (C=O) groups is 2. The summed E-state index contributed by atoms with van der Waals surface area (Å²) in [5.41, 5.74) is 1.39. The molecule has 0 atom stereocenters. The van der Waals surface area contributed by atoms with Gasteiger partial charge >= 0.3 is 0 Å². The van der Waals surface area contributed by atoms with Crippen molar-refractivity contribution in [3.63, 3.8) is 0 Å². The van der Waals surface area contributed by atoms with Gasteiger partial charge in [-0.2, -0.15) is 0 Å². The molecule has 2 aromatic rings. The summed E-state index contributed by atoms with van der Waals surface area (Å²) in [4.78, 5) is 24.0. The maximum absolute atomic E-state index is 12.9. The van der Waals surface area contributed by atoms with Crippen molar-refractivity contribution in [3.05, 3.63) is 65.5 Å². The van der Waals surface area contributed by atoms with E-state index in [-0.39, 0.29) is 17.9 Å².